The molecule has 1 aromatic rings. The molecule has 1 aliphatic heterocycles. The molecule has 2 rings (SSSR count). The molecule has 0 spiro atoms. The molecule has 1 amide bonds. The van der Waals surface area contributed by atoms with Crippen LogP contribution < -0.4 is 5.32 Å². The van der Waals surface area contributed by atoms with Crippen LogP contribution in [0.1, 0.15) is 37.3 Å². The number of hydrogen-bond acceptors (Lipinski definition) is 3. The Kier molecular flexibility index (Phi) is 4.36. The summed E-state index contributed by atoms with van der Waals surface area (Å²) in [5.74, 6) is 0.174. The molecule has 1 aliphatic rings. The molecule has 0 saturated carbocycles. The Morgan fingerprint density at radius 1 is 1.33 bits per heavy atom. The van der Waals surface area contributed by atoms with Gasteiger partial charge in [-0.3, -0.25) is 9.48 Å². The van der Waals surface area contributed by atoms with Gasteiger partial charge in [0.1, 0.15) is 6.04 Å². The minimum Gasteiger partial charge on any atom is -0.341 e. The molecule has 0 radical (unpaired) electrons. The highest BCUT2D eigenvalue weighted by Crippen LogP contribution is 2.18. The lowest BCUT2D eigenvalue weighted by Gasteiger charge is -2.25. The zero-order chi connectivity index (χ0) is 13.0. The summed E-state index contributed by atoms with van der Waals surface area (Å²) in [7, 11) is 3.69. The zero-order valence-corrected chi connectivity index (χ0v) is 11.2. The number of carbonyl (C=O) groups is 1. The number of nitrogens with one attached hydrogen (secondary N) is 1. The molecule has 1 atom stereocenters. The van der Waals surface area contributed by atoms with Crippen molar-refractivity contribution < 1.29 is 4.79 Å². The van der Waals surface area contributed by atoms with E-state index in [2.05, 4.69) is 10.4 Å². The summed E-state index contributed by atoms with van der Waals surface area (Å²) in [5.41, 5.74) is 0.939. The van der Waals surface area contributed by atoms with Gasteiger partial charge in [0.25, 0.3) is 0 Å². The molecule has 18 heavy (non-hydrogen) atoms. The van der Waals surface area contributed by atoms with Crippen molar-refractivity contribution in [1.29, 1.82) is 0 Å². The van der Waals surface area contributed by atoms with E-state index in [0.29, 0.717) is 0 Å². The fraction of sp³-hybridized carbons (Fsp3) is 0.692. The third kappa shape index (κ3) is 2.90. The number of aromatic nitrogens is 2. The number of carbonyl (C=O) groups excluding carboxylic acids is 1. The van der Waals surface area contributed by atoms with Crippen molar-refractivity contribution in [3.63, 3.8) is 0 Å². The second-order valence-corrected chi connectivity index (χ2v) is 4.91. The minimum absolute atomic E-state index is 0.174. The number of aryl methyl sites for hydroxylation is 1. The van der Waals surface area contributed by atoms with Gasteiger partial charge >= 0.3 is 0 Å². The van der Waals surface area contributed by atoms with Crippen LogP contribution >= 0.6 is 0 Å². The van der Waals surface area contributed by atoms with Crippen LogP contribution in [0.3, 0.4) is 0 Å². The Bertz CT molecular complexity index is 393. The Morgan fingerprint density at radius 2 is 2.00 bits per heavy atom. The predicted molar refractivity (Wildman–Crippen MR) is 70.1 cm³/mol. The van der Waals surface area contributed by atoms with Crippen molar-refractivity contribution in [2.75, 3.05) is 20.1 Å². The summed E-state index contributed by atoms with van der Waals surface area (Å²) < 4.78 is 1.73. The van der Waals surface area contributed by atoms with Gasteiger partial charge in [-0.05, 0) is 19.9 Å². The highest BCUT2D eigenvalue weighted by atomic mass is 16.2. The van der Waals surface area contributed by atoms with Gasteiger partial charge in [-0.1, -0.05) is 12.8 Å². The molecule has 1 saturated heterocycles. The van der Waals surface area contributed by atoms with E-state index in [1.54, 1.807) is 10.9 Å². The summed E-state index contributed by atoms with van der Waals surface area (Å²) in [5, 5.41) is 7.24. The van der Waals surface area contributed by atoms with E-state index in [0.717, 1.165) is 31.5 Å². The van der Waals surface area contributed by atoms with Crippen molar-refractivity contribution in [1.82, 2.24) is 20.0 Å². The first kappa shape index (κ1) is 13.1. The topological polar surface area (TPSA) is 50.2 Å². The van der Waals surface area contributed by atoms with Gasteiger partial charge in [0, 0.05) is 31.9 Å². The average molecular weight is 250 g/mol. The number of nitrogens with zero attached hydrogens (tertiary/aromatic N) is 3. The lowest BCUT2D eigenvalue weighted by molar-refractivity contribution is -0.133. The quantitative estimate of drug-likeness (QED) is 0.873. The highest BCUT2D eigenvalue weighted by molar-refractivity contribution is 5.83. The van der Waals surface area contributed by atoms with Gasteiger partial charge in [0.15, 0.2) is 0 Å². The number of hydrogen-bond donors (Lipinski definition) is 1. The average Bonchev–Trinajstić information content (AvgIpc) is 2.65. The minimum atomic E-state index is -0.267. The van der Waals surface area contributed by atoms with Gasteiger partial charge < -0.3 is 10.2 Å². The molecule has 0 bridgehead atoms. The fourth-order valence-electron chi connectivity index (χ4n) is 2.50. The van der Waals surface area contributed by atoms with Gasteiger partial charge in [0.05, 0.1) is 6.20 Å². The van der Waals surface area contributed by atoms with Crippen LogP contribution in [0.4, 0.5) is 0 Å². The van der Waals surface area contributed by atoms with Crippen molar-refractivity contribution in [3.8, 4) is 0 Å². The van der Waals surface area contributed by atoms with Crippen molar-refractivity contribution in [3.05, 3.63) is 18.0 Å². The summed E-state index contributed by atoms with van der Waals surface area (Å²) in [6.07, 6.45) is 8.37. The zero-order valence-electron chi connectivity index (χ0n) is 11.2. The fourth-order valence-corrected chi connectivity index (χ4v) is 2.50. The van der Waals surface area contributed by atoms with E-state index in [4.69, 9.17) is 0 Å². The summed E-state index contributed by atoms with van der Waals surface area (Å²) >= 11 is 0. The van der Waals surface area contributed by atoms with E-state index in [1.807, 2.05) is 25.2 Å². The molecular formula is C13H22N4O. The summed E-state index contributed by atoms with van der Waals surface area (Å²) in [6.45, 7) is 1.77. The number of rotatable bonds is 3. The third-order valence-corrected chi connectivity index (χ3v) is 3.51. The monoisotopic (exact) mass is 250 g/mol. The van der Waals surface area contributed by atoms with Gasteiger partial charge in [-0.25, -0.2) is 0 Å². The van der Waals surface area contributed by atoms with E-state index in [1.165, 1.54) is 12.8 Å². The second kappa shape index (κ2) is 6.00. The van der Waals surface area contributed by atoms with Crippen LogP contribution in [0.15, 0.2) is 12.4 Å². The first-order valence-corrected chi connectivity index (χ1v) is 6.67. The Hall–Kier alpha value is -1.36. The van der Waals surface area contributed by atoms with E-state index in [-0.39, 0.29) is 11.9 Å². The lowest BCUT2D eigenvalue weighted by atomic mass is 10.1. The maximum Gasteiger partial charge on any atom is 0.244 e. The van der Waals surface area contributed by atoms with Crippen LogP contribution in [-0.4, -0.2) is 40.7 Å². The lowest BCUT2D eigenvalue weighted by Crippen LogP contribution is -2.40. The van der Waals surface area contributed by atoms with Crippen LogP contribution in [-0.2, 0) is 11.8 Å². The Labute approximate surface area is 108 Å². The predicted octanol–water partition coefficient (Wildman–Crippen LogP) is 1.08. The summed E-state index contributed by atoms with van der Waals surface area (Å²) in [6, 6.07) is -0.267. The third-order valence-electron chi connectivity index (χ3n) is 3.51. The van der Waals surface area contributed by atoms with Crippen LogP contribution in [0.5, 0.6) is 0 Å². The number of likely N-dealkylation sites (tertiary alicyclic amines) is 1. The molecule has 1 aromatic heterocycles. The van der Waals surface area contributed by atoms with Crippen molar-refractivity contribution in [2.24, 2.45) is 7.05 Å². The van der Waals surface area contributed by atoms with E-state index >= 15 is 0 Å². The molecule has 2 heterocycles. The first-order chi connectivity index (χ1) is 8.72. The molecule has 1 fully saturated rings. The van der Waals surface area contributed by atoms with Gasteiger partial charge in [-0.15, -0.1) is 0 Å². The molecule has 100 valence electrons. The maximum atomic E-state index is 12.5. The Balaban J connectivity index is 2.09. The molecule has 0 aromatic carbocycles. The molecule has 0 aliphatic carbocycles. The molecule has 1 N–H and O–H groups in total. The normalized spacial score (nSPS) is 18.4. The Morgan fingerprint density at radius 3 is 2.50 bits per heavy atom. The van der Waals surface area contributed by atoms with Gasteiger partial charge in [-0.2, -0.15) is 5.10 Å². The van der Waals surface area contributed by atoms with Gasteiger partial charge in [0.2, 0.25) is 5.91 Å². The molecule has 5 nitrogen and oxygen atoms in total. The van der Waals surface area contributed by atoms with Crippen LogP contribution in [0.25, 0.3) is 0 Å². The van der Waals surface area contributed by atoms with Crippen molar-refractivity contribution in [2.45, 2.75) is 31.7 Å². The van der Waals surface area contributed by atoms with Crippen LogP contribution in [0, 0.1) is 0 Å². The van der Waals surface area contributed by atoms with Crippen molar-refractivity contribution >= 4 is 5.91 Å². The maximum absolute atomic E-state index is 12.5. The second-order valence-electron chi connectivity index (χ2n) is 4.91. The van der Waals surface area contributed by atoms with E-state index in [9.17, 15) is 4.79 Å². The number of amides is 1. The molecule has 1 unspecified atom stereocenters. The SMILES string of the molecule is CNC(C(=O)N1CCCCCC1)c1cnn(C)c1. The molecule has 5 heteroatoms. The smallest absolute Gasteiger partial charge is 0.244 e. The highest BCUT2D eigenvalue weighted by Gasteiger charge is 2.25. The molecular weight excluding hydrogens is 228 g/mol. The largest absolute Gasteiger partial charge is 0.341 e. The standard InChI is InChI=1S/C13H22N4O/c1-14-12(11-9-15-16(2)10-11)13(18)17-7-5-3-4-6-8-17/h9-10,12,14H,3-8H2,1-2H3. The van der Waals surface area contributed by atoms with Crippen LogP contribution in [0.2, 0.25) is 0 Å². The van der Waals surface area contributed by atoms with E-state index < -0.39 is 0 Å². The summed E-state index contributed by atoms with van der Waals surface area (Å²) in [4.78, 5) is 14.5. The number of likely N-dealkylation sites (N-methyl/N-ethyl adjacent to an activating group) is 1. The first-order valence-electron chi connectivity index (χ1n) is 6.67.